The third-order valence-electron chi connectivity index (χ3n) is 15.0. The van der Waals surface area contributed by atoms with Gasteiger partial charge < -0.3 is 115 Å². The van der Waals surface area contributed by atoms with Gasteiger partial charge in [-0.05, 0) is 127 Å². The molecule has 0 fully saturated rings. The molecule has 1 aromatic rings. The minimum absolute atomic E-state index is 0.0116. The Balaban J connectivity index is 3.53. The largest absolute Gasteiger partial charge is 0.508 e. The van der Waals surface area contributed by atoms with Gasteiger partial charge in [-0.3, -0.25) is 62.9 Å². The highest BCUT2D eigenvalue weighted by Gasteiger charge is 2.38. The molecule has 0 aliphatic rings. The molecule has 0 aliphatic heterocycles. The molecular formula is C58H103N21O14. The van der Waals surface area contributed by atoms with Crippen LogP contribution in [-0.4, -0.2) is 191 Å². The number of carboxylic acid groups (broad SMARTS) is 2. The fourth-order valence-electron chi connectivity index (χ4n) is 9.10. The number of guanidine groups is 3. The van der Waals surface area contributed by atoms with Crippen molar-refractivity contribution in [2.45, 2.75) is 198 Å². The van der Waals surface area contributed by atoms with Crippen LogP contribution in [0.1, 0.15) is 136 Å². The summed E-state index contributed by atoms with van der Waals surface area (Å²) in [5, 5.41) is 52.6. The first-order valence-corrected chi connectivity index (χ1v) is 31.2. The number of nitrogens with one attached hydrogen (secondary N) is 9. The van der Waals surface area contributed by atoms with Crippen molar-refractivity contribution < 1.29 is 68.1 Å². The number of amides is 9. The second-order valence-electron chi connectivity index (χ2n) is 22.7. The Morgan fingerprint density at radius 1 is 0.430 bits per heavy atom. The summed E-state index contributed by atoms with van der Waals surface area (Å²) in [6.45, 7) is 8.85. The minimum Gasteiger partial charge on any atom is -0.508 e. The Morgan fingerprint density at radius 3 is 1.19 bits per heavy atom. The van der Waals surface area contributed by atoms with Gasteiger partial charge in [-0.25, -0.2) is 4.79 Å². The predicted molar refractivity (Wildman–Crippen MR) is 347 cm³/mol. The SMILES string of the molecule is CC[C@H](C)[C@H](NC(=O)[C@H](CCCCN)NC(=O)[C@H](C)NC(=O)[C@H](CCCCN)NC(=O)[C@H](CCCN=C(N)N)NC(=O)[C@@H](N)CCCN=C(N)N)C(=O)N[C@H](C(=O)N[C@@H](CCCN=C(N)N)C(=O)N[C@@H](CC(=O)O)C(=O)N[C@@H](Cc1ccc(O)cc1)C(=O)O)[C@@H](C)CC. The summed E-state index contributed by atoms with van der Waals surface area (Å²) in [5.41, 5.74) is 50.8. The number of hydrogen-bond acceptors (Lipinski definition) is 18. The highest BCUT2D eigenvalue weighted by atomic mass is 16.4. The maximum atomic E-state index is 14.5. The maximum Gasteiger partial charge on any atom is 0.326 e. The van der Waals surface area contributed by atoms with Crippen LogP contribution in [-0.2, 0) is 59.2 Å². The quantitative estimate of drug-likeness (QED) is 0.0165. The van der Waals surface area contributed by atoms with Gasteiger partial charge in [0.2, 0.25) is 53.2 Å². The van der Waals surface area contributed by atoms with Crippen molar-refractivity contribution in [3.63, 3.8) is 0 Å². The lowest BCUT2D eigenvalue weighted by Gasteiger charge is -2.31. The van der Waals surface area contributed by atoms with E-state index in [2.05, 4.69) is 62.8 Å². The Labute approximate surface area is 541 Å². The van der Waals surface area contributed by atoms with E-state index < -0.39 is 144 Å². The molecule has 0 radical (unpaired) electrons. The molecule has 12 atom stereocenters. The van der Waals surface area contributed by atoms with E-state index >= 15 is 0 Å². The van der Waals surface area contributed by atoms with Crippen molar-refractivity contribution in [1.29, 1.82) is 0 Å². The lowest BCUT2D eigenvalue weighted by molar-refractivity contribution is -0.143. The number of unbranched alkanes of at least 4 members (excludes halogenated alkanes) is 2. The molecule has 0 saturated carbocycles. The molecule has 0 spiro atoms. The number of carbonyl (C=O) groups excluding carboxylic acids is 9. The summed E-state index contributed by atoms with van der Waals surface area (Å²) in [6, 6.07) is -8.55. The lowest BCUT2D eigenvalue weighted by atomic mass is 9.94. The zero-order valence-electron chi connectivity index (χ0n) is 54.0. The average Bonchev–Trinajstić information content (AvgIpc) is 1.06. The molecular weight excluding hydrogens is 1210 g/mol. The second-order valence-corrected chi connectivity index (χ2v) is 22.7. The molecule has 0 saturated heterocycles. The number of nitrogens with zero attached hydrogens (tertiary/aromatic N) is 3. The molecule has 1 rings (SSSR count). The summed E-state index contributed by atoms with van der Waals surface area (Å²) in [5.74, 6) is -12.9. The van der Waals surface area contributed by atoms with Gasteiger partial charge in [-0.15, -0.1) is 0 Å². The number of hydrogen-bond donors (Lipinski definition) is 21. The number of aromatic hydroxyl groups is 1. The van der Waals surface area contributed by atoms with Crippen LogP contribution in [0.25, 0.3) is 0 Å². The fourth-order valence-corrected chi connectivity index (χ4v) is 9.10. The second kappa shape index (κ2) is 44.4. The van der Waals surface area contributed by atoms with Crippen molar-refractivity contribution in [3.8, 4) is 5.75 Å². The van der Waals surface area contributed by atoms with E-state index in [4.69, 9.17) is 51.6 Å². The molecule has 524 valence electrons. The maximum absolute atomic E-state index is 14.5. The van der Waals surface area contributed by atoms with E-state index in [-0.39, 0.29) is 114 Å². The monoisotopic (exact) mass is 1320 g/mol. The fraction of sp³-hybridized carbons (Fsp3) is 0.655. The topological polar surface area (TPSA) is 628 Å². The van der Waals surface area contributed by atoms with Crippen LogP contribution in [0.3, 0.4) is 0 Å². The van der Waals surface area contributed by atoms with Gasteiger partial charge >= 0.3 is 11.9 Å². The van der Waals surface area contributed by atoms with Gasteiger partial charge in [0.1, 0.15) is 60.1 Å². The van der Waals surface area contributed by atoms with E-state index in [0.29, 0.717) is 44.1 Å². The van der Waals surface area contributed by atoms with Gasteiger partial charge in [-0.2, -0.15) is 0 Å². The number of benzene rings is 1. The highest BCUT2D eigenvalue weighted by molar-refractivity contribution is 5.99. The van der Waals surface area contributed by atoms with E-state index in [1.165, 1.54) is 31.2 Å². The Kier molecular flexibility index (Phi) is 39.1. The number of nitrogens with two attached hydrogens (primary N) is 9. The molecule has 0 unspecified atom stereocenters. The van der Waals surface area contributed by atoms with Crippen molar-refractivity contribution in [3.05, 3.63) is 29.8 Å². The molecule has 9 amide bonds. The van der Waals surface area contributed by atoms with E-state index in [1.54, 1.807) is 27.7 Å². The summed E-state index contributed by atoms with van der Waals surface area (Å²) in [6.07, 6.45) is 1.49. The number of carboxylic acids is 2. The Bertz CT molecular complexity index is 2670. The predicted octanol–water partition coefficient (Wildman–Crippen LogP) is -5.28. The molecule has 0 aromatic heterocycles. The first-order chi connectivity index (χ1) is 43.9. The van der Waals surface area contributed by atoms with Gasteiger partial charge in [0, 0.05) is 26.1 Å². The number of phenolic OH excluding ortho intramolecular Hbond substituents is 1. The van der Waals surface area contributed by atoms with Crippen molar-refractivity contribution in [2.75, 3.05) is 32.7 Å². The minimum atomic E-state index is -1.87. The zero-order valence-corrected chi connectivity index (χ0v) is 54.0. The number of aliphatic imine (C=N–C) groups is 3. The average molecular weight is 1320 g/mol. The molecule has 0 bridgehead atoms. The van der Waals surface area contributed by atoms with E-state index in [1.807, 2.05) is 0 Å². The number of phenols is 1. The number of rotatable bonds is 47. The Hall–Kier alpha value is -9.12. The van der Waals surface area contributed by atoms with Crippen molar-refractivity contribution in [1.82, 2.24) is 47.9 Å². The smallest absolute Gasteiger partial charge is 0.326 e. The van der Waals surface area contributed by atoms with Gasteiger partial charge in [-0.1, -0.05) is 52.7 Å². The first-order valence-electron chi connectivity index (χ1n) is 31.2. The van der Waals surface area contributed by atoms with Gasteiger partial charge in [0.25, 0.3) is 0 Å². The summed E-state index contributed by atoms with van der Waals surface area (Å²) in [4.78, 5) is 162. The van der Waals surface area contributed by atoms with Crippen LogP contribution in [0.2, 0.25) is 0 Å². The third kappa shape index (κ3) is 33.2. The van der Waals surface area contributed by atoms with Crippen molar-refractivity contribution >= 4 is 83.0 Å². The summed E-state index contributed by atoms with van der Waals surface area (Å²) < 4.78 is 0. The lowest BCUT2D eigenvalue weighted by Crippen LogP contribution is -2.62. The van der Waals surface area contributed by atoms with Crippen LogP contribution in [0, 0.1) is 11.8 Å². The third-order valence-corrected chi connectivity index (χ3v) is 15.0. The molecule has 0 aliphatic carbocycles. The highest BCUT2D eigenvalue weighted by Crippen LogP contribution is 2.16. The molecule has 35 heteroatoms. The molecule has 93 heavy (non-hydrogen) atoms. The van der Waals surface area contributed by atoms with E-state index in [9.17, 15) is 68.1 Å². The summed E-state index contributed by atoms with van der Waals surface area (Å²) in [7, 11) is 0. The van der Waals surface area contributed by atoms with E-state index in [0.717, 1.165) is 0 Å². The van der Waals surface area contributed by atoms with Crippen LogP contribution in [0.5, 0.6) is 5.75 Å². The van der Waals surface area contributed by atoms with Crippen LogP contribution in [0.4, 0.5) is 0 Å². The van der Waals surface area contributed by atoms with Gasteiger partial charge in [0.15, 0.2) is 17.9 Å². The van der Waals surface area contributed by atoms with Crippen molar-refractivity contribution in [2.24, 2.45) is 78.4 Å². The molecule has 35 nitrogen and oxygen atoms in total. The number of aliphatic carboxylic acids is 2. The molecule has 0 heterocycles. The molecule has 30 N–H and O–H groups in total. The normalized spacial score (nSPS) is 14.8. The number of carbonyl (C=O) groups is 11. The molecule has 1 aromatic carbocycles. The summed E-state index contributed by atoms with van der Waals surface area (Å²) >= 11 is 0. The Morgan fingerprint density at radius 2 is 0.774 bits per heavy atom. The standard InChI is InChI=1S/C58H103N21O14/c1-6-31(3)44(53(90)75-40(19-14-28-70-58(66)67)50(87)76-41(30-43(81)82)52(89)77-42(55(92)93)29-34-20-22-35(80)23-21-34)79-54(91)45(32(4)7-2)78-51(88)38(17-9-11-25-60)72-46(83)33(5)71-48(85)37(16-8-10-24-59)74-49(86)39(18-13-27-69-57(64)65)73-47(84)36(61)15-12-26-68-56(62)63/h20-23,31-33,36-42,44-45,80H,6-19,24-30,59-61H2,1-5H3,(H,71,85)(H,72,83)(H,73,84)(H,74,86)(H,75,90)(H,76,87)(H,77,89)(H,78,88)(H,79,91)(H,81,82)(H,92,93)(H4,62,63,68)(H4,64,65,69)(H4,66,67,70)/t31-,32-,33-,36-,37-,38-,39-,40-,41-,42-,44-,45-/m0/s1. The van der Waals surface area contributed by atoms with Gasteiger partial charge in [0.05, 0.1) is 12.5 Å². The zero-order chi connectivity index (χ0) is 70.3. The van der Waals surface area contributed by atoms with Crippen LogP contribution < -0.4 is 99.5 Å². The first kappa shape index (κ1) is 81.9. The van der Waals surface area contributed by atoms with Crippen LogP contribution in [0.15, 0.2) is 39.2 Å². The van der Waals surface area contributed by atoms with Crippen LogP contribution >= 0.6 is 0 Å².